The molecule has 238 valence electrons. The van der Waals surface area contributed by atoms with Gasteiger partial charge in [-0.15, -0.1) is 0 Å². The maximum absolute atomic E-state index is 13.5. The molecule has 0 aliphatic rings. The Labute approximate surface area is 271 Å². The summed E-state index contributed by atoms with van der Waals surface area (Å²) in [5.41, 5.74) is 1.74. The Bertz CT molecular complexity index is 2080. The van der Waals surface area contributed by atoms with Crippen LogP contribution in [0.25, 0.3) is 32.7 Å². The molecule has 6 aromatic rings. The lowest BCUT2D eigenvalue weighted by Crippen LogP contribution is -2.29. The summed E-state index contributed by atoms with van der Waals surface area (Å²) in [5, 5.41) is 24.8. The van der Waals surface area contributed by atoms with E-state index in [1.54, 1.807) is 48.5 Å². The number of hydrogen-bond donors (Lipinski definition) is 0. The summed E-state index contributed by atoms with van der Waals surface area (Å²) in [7, 11) is 0. The molecule has 0 radical (unpaired) electrons. The Hall–Kier alpha value is -6.42. The number of fused-ring (bicyclic) bond motifs is 2. The molecule has 0 saturated heterocycles. The van der Waals surface area contributed by atoms with Gasteiger partial charge < -0.3 is 29.3 Å². The lowest BCUT2D eigenvalue weighted by molar-refractivity contribution is -0.308. The quantitative estimate of drug-likeness (QED) is 0.186. The fraction of sp³-hybridized carbons (Fsp3) is 0.0526. The molecule has 0 aliphatic carbocycles. The van der Waals surface area contributed by atoms with Crippen molar-refractivity contribution in [3.05, 3.63) is 143 Å². The van der Waals surface area contributed by atoms with E-state index in [0.29, 0.717) is 43.8 Å². The van der Waals surface area contributed by atoms with Crippen molar-refractivity contribution < 1.29 is 47.6 Å². The average Bonchev–Trinajstić information content (AvgIpc) is 3.09. The molecular formula is C38H22F2O8-2. The van der Waals surface area contributed by atoms with E-state index >= 15 is 0 Å². The van der Waals surface area contributed by atoms with Gasteiger partial charge in [0.2, 0.25) is 0 Å². The van der Waals surface area contributed by atoms with Crippen LogP contribution in [0.2, 0.25) is 0 Å². The maximum atomic E-state index is 13.5. The van der Waals surface area contributed by atoms with Gasteiger partial charge in [0.15, 0.2) is 11.6 Å². The number of ketones is 2. The number of benzene rings is 6. The number of carbonyl (C=O) groups excluding carboxylic acids is 4. The van der Waals surface area contributed by atoms with Gasteiger partial charge in [-0.1, -0.05) is 36.4 Å². The highest BCUT2D eigenvalue weighted by Crippen LogP contribution is 2.46. The molecule has 0 heterocycles. The van der Waals surface area contributed by atoms with E-state index in [1.165, 1.54) is 60.7 Å². The van der Waals surface area contributed by atoms with Crippen molar-refractivity contribution in [2.75, 3.05) is 13.2 Å². The van der Waals surface area contributed by atoms with Gasteiger partial charge >= 0.3 is 0 Å². The summed E-state index contributed by atoms with van der Waals surface area (Å²) < 4.78 is 38.2. The van der Waals surface area contributed by atoms with Gasteiger partial charge in [0, 0.05) is 33.4 Å². The molecule has 0 aliphatic heterocycles. The number of carboxylic acid groups (broad SMARTS) is 2. The van der Waals surface area contributed by atoms with Gasteiger partial charge in [0.1, 0.15) is 36.3 Å². The Morgan fingerprint density at radius 3 is 1.19 bits per heavy atom. The van der Waals surface area contributed by atoms with E-state index in [9.17, 15) is 38.2 Å². The maximum Gasteiger partial charge on any atom is 0.193 e. The molecule has 6 rings (SSSR count). The molecule has 0 saturated carbocycles. The van der Waals surface area contributed by atoms with Crippen molar-refractivity contribution in [2.45, 2.75) is 0 Å². The second-order valence-corrected chi connectivity index (χ2v) is 10.7. The fourth-order valence-corrected chi connectivity index (χ4v) is 5.47. The minimum Gasteiger partial charge on any atom is -0.546 e. The Balaban J connectivity index is 1.56. The molecule has 0 atom stereocenters. The van der Waals surface area contributed by atoms with E-state index < -0.39 is 36.8 Å². The van der Waals surface area contributed by atoms with Crippen LogP contribution in [-0.4, -0.2) is 36.7 Å². The Morgan fingerprint density at radius 1 is 0.479 bits per heavy atom. The molecule has 6 aromatic carbocycles. The fourth-order valence-electron chi connectivity index (χ4n) is 5.47. The Morgan fingerprint density at radius 2 is 0.833 bits per heavy atom. The molecule has 0 N–H and O–H groups in total. The molecule has 0 unspecified atom stereocenters. The van der Waals surface area contributed by atoms with Gasteiger partial charge in [0.05, 0.1) is 11.9 Å². The summed E-state index contributed by atoms with van der Waals surface area (Å²) in [6.07, 6.45) is 0. The second-order valence-electron chi connectivity index (χ2n) is 10.7. The predicted octanol–water partition coefficient (Wildman–Crippen LogP) is 4.66. The lowest BCUT2D eigenvalue weighted by Gasteiger charge is -2.20. The summed E-state index contributed by atoms with van der Waals surface area (Å²) in [6.45, 7) is -1.62. The monoisotopic (exact) mass is 644 g/mol. The highest BCUT2D eigenvalue weighted by molar-refractivity contribution is 6.15. The summed E-state index contributed by atoms with van der Waals surface area (Å²) >= 11 is 0. The van der Waals surface area contributed by atoms with Gasteiger partial charge in [-0.25, -0.2) is 8.78 Å². The SMILES string of the molecule is O=C([O-])COc1ccc2cc(C(=O)c3ccc(F)cc3)ccc2c1-c1c(OCC(=O)[O-])ccc2cc(C(=O)c3ccc(F)cc3)ccc12. The average molecular weight is 645 g/mol. The van der Waals surface area contributed by atoms with Crippen molar-refractivity contribution >= 4 is 45.0 Å². The van der Waals surface area contributed by atoms with E-state index in [-0.39, 0.29) is 34.2 Å². The molecule has 0 amide bonds. The zero-order valence-electron chi connectivity index (χ0n) is 24.8. The van der Waals surface area contributed by atoms with Gasteiger partial charge in [-0.3, -0.25) is 9.59 Å². The third-order valence-corrected chi connectivity index (χ3v) is 7.64. The van der Waals surface area contributed by atoms with Crippen LogP contribution in [0, 0.1) is 11.6 Å². The standard InChI is InChI=1S/C38H24F2O8/c39-27-9-1-21(2-10-27)37(45)25-5-13-29-23(17-25)7-15-31(47-19-33(41)42)35(29)36-30-14-6-26(38(46)22-3-11-28(40)12-4-22)18-24(30)8-16-32(36)48-20-34(43)44/h1-18H,19-20H2,(H,41,42)(H,43,44)/p-2. The molecule has 8 nitrogen and oxygen atoms in total. The smallest absolute Gasteiger partial charge is 0.193 e. The number of rotatable bonds is 11. The van der Waals surface area contributed by atoms with Gasteiger partial charge in [0.25, 0.3) is 0 Å². The highest BCUT2D eigenvalue weighted by Gasteiger charge is 2.22. The number of hydrogen-bond acceptors (Lipinski definition) is 8. The number of halogens is 2. The summed E-state index contributed by atoms with van der Waals surface area (Å²) in [6, 6.07) is 26.0. The van der Waals surface area contributed by atoms with E-state index in [2.05, 4.69) is 0 Å². The van der Waals surface area contributed by atoms with Crippen molar-refractivity contribution in [3.8, 4) is 22.6 Å². The molecule has 0 aromatic heterocycles. The lowest BCUT2D eigenvalue weighted by atomic mass is 9.89. The van der Waals surface area contributed by atoms with Gasteiger partial charge in [-0.05, 0) is 94.3 Å². The molecule has 0 spiro atoms. The molecule has 0 fully saturated rings. The largest absolute Gasteiger partial charge is 0.546 e. The van der Waals surface area contributed by atoms with E-state index in [4.69, 9.17) is 9.47 Å². The minimum atomic E-state index is -1.49. The number of carbonyl (C=O) groups is 4. The zero-order chi connectivity index (χ0) is 33.9. The predicted molar refractivity (Wildman–Crippen MR) is 168 cm³/mol. The first-order chi connectivity index (χ1) is 23.1. The normalized spacial score (nSPS) is 11.0. The van der Waals surface area contributed by atoms with E-state index in [1.807, 2.05) is 0 Å². The molecular weight excluding hydrogens is 622 g/mol. The van der Waals surface area contributed by atoms with Crippen molar-refractivity contribution in [1.82, 2.24) is 0 Å². The first-order valence-corrected chi connectivity index (χ1v) is 14.5. The van der Waals surface area contributed by atoms with E-state index in [0.717, 1.165) is 0 Å². The first-order valence-electron chi connectivity index (χ1n) is 14.5. The topological polar surface area (TPSA) is 133 Å². The number of ether oxygens (including phenoxy) is 2. The highest BCUT2D eigenvalue weighted by atomic mass is 19.1. The third kappa shape index (κ3) is 6.45. The Kier molecular flexibility index (Phi) is 8.63. The van der Waals surface area contributed by atoms with Crippen LogP contribution in [0.1, 0.15) is 31.8 Å². The zero-order valence-corrected chi connectivity index (χ0v) is 24.8. The molecule has 10 heteroatoms. The van der Waals surface area contributed by atoms with Crippen LogP contribution >= 0.6 is 0 Å². The van der Waals surface area contributed by atoms with Gasteiger partial charge in [-0.2, -0.15) is 0 Å². The van der Waals surface area contributed by atoms with Crippen LogP contribution in [0.5, 0.6) is 11.5 Å². The number of aliphatic carboxylic acids is 2. The van der Waals surface area contributed by atoms with Crippen molar-refractivity contribution in [1.29, 1.82) is 0 Å². The third-order valence-electron chi connectivity index (χ3n) is 7.64. The van der Waals surface area contributed by atoms with Crippen LogP contribution in [-0.2, 0) is 9.59 Å². The molecule has 48 heavy (non-hydrogen) atoms. The summed E-state index contributed by atoms with van der Waals surface area (Å²) in [5.74, 6) is -4.51. The van der Waals surface area contributed by atoms with Crippen molar-refractivity contribution in [2.24, 2.45) is 0 Å². The molecule has 0 bridgehead atoms. The second kappa shape index (κ2) is 13.1. The first kappa shape index (κ1) is 31.6. The number of carboxylic acids is 2. The minimum absolute atomic E-state index is 0.0848. The van der Waals surface area contributed by atoms with Crippen LogP contribution < -0.4 is 19.7 Å². The van der Waals surface area contributed by atoms with Crippen LogP contribution in [0.4, 0.5) is 8.78 Å². The van der Waals surface area contributed by atoms with Crippen LogP contribution in [0.15, 0.2) is 109 Å². The van der Waals surface area contributed by atoms with Crippen molar-refractivity contribution in [3.63, 3.8) is 0 Å². The summed E-state index contributed by atoms with van der Waals surface area (Å²) in [4.78, 5) is 49.3. The van der Waals surface area contributed by atoms with Crippen LogP contribution in [0.3, 0.4) is 0 Å².